The number of rotatable bonds is 5. The van der Waals surface area contributed by atoms with E-state index in [2.05, 4.69) is 58.2 Å². The zero-order valence-corrected chi connectivity index (χ0v) is 49.8. The van der Waals surface area contributed by atoms with Crippen LogP contribution in [0.25, 0.3) is 22.3 Å². The summed E-state index contributed by atoms with van der Waals surface area (Å²) in [5.74, 6) is 2.10. The van der Waals surface area contributed by atoms with Crippen molar-refractivity contribution in [1.29, 1.82) is 0 Å². The fraction of sp³-hybridized carbons (Fsp3) is 0.233. The molecule has 1 amide bonds. The Hall–Kier alpha value is -6.51. The number of aromatic nitrogens is 3. The second kappa shape index (κ2) is 25.7. The molecule has 0 spiro atoms. The van der Waals surface area contributed by atoms with E-state index < -0.39 is 23.1 Å². The Balaban J connectivity index is 0.000000128. The predicted octanol–water partition coefficient (Wildman–Crippen LogP) is 14.2. The quantitative estimate of drug-likeness (QED) is 0.139. The number of carbonyl (C=O) groups excluding carboxylic acids is 1. The van der Waals surface area contributed by atoms with Gasteiger partial charge in [0.1, 0.15) is 57.6 Å². The lowest BCUT2D eigenvalue weighted by atomic mass is 9.80. The lowest BCUT2D eigenvalue weighted by Crippen LogP contribution is -2.41. The summed E-state index contributed by atoms with van der Waals surface area (Å²) in [5.41, 5.74) is 18.8. The zero-order valence-electron chi connectivity index (χ0n) is 44.4. The third-order valence-corrected chi connectivity index (χ3v) is 16.2. The van der Waals surface area contributed by atoms with E-state index in [0.29, 0.717) is 23.3 Å². The molecule has 13 rings (SSSR count). The summed E-state index contributed by atoms with van der Waals surface area (Å²) in [4.78, 5) is 24.4. The first-order valence-corrected chi connectivity index (χ1v) is 28.4. The summed E-state index contributed by atoms with van der Waals surface area (Å²) in [7, 11) is -0.363. The monoisotopic (exact) mass is 1280 g/mol. The van der Waals surface area contributed by atoms with Crippen molar-refractivity contribution in [1.82, 2.24) is 15.0 Å². The van der Waals surface area contributed by atoms with Gasteiger partial charge in [0.15, 0.2) is 0 Å². The van der Waals surface area contributed by atoms with Crippen LogP contribution in [0, 0.1) is 11.6 Å². The van der Waals surface area contributed by atoms with Gasteiger partial charge in [-0.15, -0.1) is 0 Å². The first-order chi connectivity index (χ1) is 38.7. The summed E-state index contributed by atoms with van der Waals surface area (Å²) < 4.78 is 62.9. The van der Waals surface area contributed by atoms with Gasteiger partial charge < -0.3 is 45.0 Å². The van der Waals surface area contributed by atoms with Gasteiger partial charge in [0.05, 0.1) is 42.7 Å². The van der Waals surface area contributed by atoms with Crippen LogP contribution in [0.3, 0.4) is 0 Å². The Morgan fingerprint density at radius 1 is 0.568 bits per heavy atom. The summed E-state index contributed by atoms with van der Waals surface area (Å²) in [6.45, 7) is 11.1. The van der Waals surface area contributed by atoms with Gasteiger partial charge in [-0.3, -0.25) is 4.79 Å². The van der Waals surface area contributed by atoms with Crippen molar-refractivity contribution in [2.24, 2.45) is 0 Å². The highest BCUT2D eigenvalue weighted by Gasteiger charge is 2.51. The first-order valence-electron chi connectivity index (χ1n) is 25.6. The topological polar surface area (TPSA) is 175 Å². The van der Waals surface area contributed by atoms with E-state index in [0.717, 1.165) is 133 Å². The molecule has 0 bridgehead atoms. The van der Waals surface area contributed by atoms with Crippen LogP contribution < -0.4 is 41.2 Å². The van der Waals surface area contributed by atoms with Gasteiger partial charge >= 0.3 is 7.12 Å². The molecule has 0 aliphatic carbocycles. The molecule has 0 unspecified atom stereocenters. The molecule has 418 valence electrons. The molecule has 1 saturated heterocycles. The van der Waals surface area contributed by atoms with Crippen LogP contribution in [-0.2, 0) is 35.0 Å². The number of carbonyl (C=O) groups is 1. The molecule has 8 aromatic rings. The minimum absolute atomic E-state index is 0.167. The SMILES string of the molecule is Brc1ccc2c(c1)OCC2.CC1(C)OB(c2ccc(N)nc2)OC1(C)C.Clc1cc2c(cc1Br)OCC2.Nc1ccc(-c2cc3c(cc2Cl)CCO3)cn1.O=C(Nc1ccc(-c2cc3c(cc2Cl)CCO3)cn1)c1c(F)cccc1F. The van der Waals surface area contributed by atoms with Gasteiger partial charge in [-0.25, -0.2) is 23.7 Å². The average Bonchev–Trinajstić information content (AvgIpc) is 4.39. The van der Waals surface area contributed by atoms with Crippen molar-refractivity contribution < 1.29 is 41.8 Å². The molecule has 21 heteroatoms. The maximum absolute atomic E-state index is 13.7. The lowest BCUT2D eigenvalue weighted by Gasteiger charge is -2.32. The normalized spacial score (nSPS) is 15.1. The average molecular weight is 1290 g/mol. The summed E-state index contributed by atoms with van der Waals surface area (Å²) in [6.07, 6.45) is 8.72. The van der Waals surface area contributed by atoms with Crippen LogP contribution in [0.5, 0.6) is 23.0 Å². The van der Waals surface area contributed by atoms with Gasteiger partial charge in [0.2, 0.25) is 0 Å². The molecule has 81 heavy (non-hydrogen) atoms. The number of anilines is 3. The van der Waals surface area contributed by atoms with Crippen molar-refractivity contribution >= 4 is 103 Å². The number of benzene rings is 5. The summed E-state index contributed by atoms with van der Waals surface area (Å²) in [6, 6.07) is 31.5. The molecular weight excluding hydrogens is 1230 g/mol. The third-order valence-electron chi connectivity index (χ3n) is 13.9. The number of amides is 1. The van der Waals surface area contributed by atoms with Gasteiger partial charge in [-0.05, 0) is 157 Å². The van der Waals surface area contributed by atoms with Crippen LogP contribution >= 0.6 is 66.7 Å². The number of hydrogen-bond donors (Lipinski definition) is 3. The van der Waals surface area contributed by atoms with E-state index >= 15 is 0 Å². The molecular formula is C60H54BBr2Cl3F2N6O7. The second-order valence-electron chi connectivity index (χ2n) is 20.0. The minimum Gasteiger partial charge on any atom is -0.493 e. The van der Waals surface area contributed by atoms with Crippen LogP contribution in [0.15, 0.2) is 137 Å². The van der Waals surface area contributed by atoms with Crippen LogP contribution in [0.2, 0.25) is 15.1 Å². The first kappa shape index (κ1) is 59.1. The number of halogens is 7. The summed E-state index contributed by atoms with van der Waals surface area (Å²) in [5, 5.41) is 4.44. The predicted molar refractivity (Wildman–Crippen MR) is 323 cm³/mol. The number of nitrogens with zero attached hydrogens (tertiary/aromatic N) is 3. The Morgan fingerprint density at radius 2 is 1.04 bits per heavy atom. The van der Waals surface area contributed by atoms with E-state index in [1.165, 1.54) is 35.0 Å². The molecule has 0 radical (unpaired) electrons. The van der Waals surface area contributed by atoms with E-state index in [-0.39, 0.29) is 24.1 Å². The Morgan fingerprint density at radius 3 is 1.53 bits per heavy atom. The zero-order chi connectivity index (χ0) is 57.6. The van der Waals surface area contributed by atoms with E-state index in [1.807, 2.05) is 88.4 Å². The highest BCUT2D eigenvalue weighted by Crippen LogP contribution is 2.40. The largest absolute Gasteiger partial charge is 0.496 e. The van der Waals surface area contributed by atoms with Crippen molar-refractivity contribution in [2.75, 3.05) is 43.2 Å². The highest BCUT2D eigenvalue weighted by atomic mass is 79.9. The number of nitrogen functional groups attached to an aromatic ring is 2. The molecule has 0 atom stereocenters. The van der Waals surface area contributed by atoms with E-state index in [4.69, 9.17) is 74.5 Å². The molecule has 5 N–H and O–H groups in total. The molecule has 5 aliphatic heterocycles. The Kier molecular flexibility index (Phi) is 18.8. The molecule has 8 heterocycles. The van der Waals surface area contributed by atoms with Crippen molar-refractivity contribution in [2.45, 2.75) is 64.6 Å². The molecule has 3 aromatic heterocycles. The van der Waals surface area contributed by atoms with Crippen molar-refractivity contribution in [3.05, 3.63) is 191 Å². The molecule has 5 aromatic carbocycles. The molecule has 1 fully saturated rings. The Bertz CT molecular complexity index is 3530. The van der Waals surface area contributed by atoms with E-state index in [9.17, 15) is 13.6 Å². The number of nitrogens with two attached hydrogens (primary N) is 2. The van der Waals surface area contributed by atoms with Crippen LogP contribution in [0.1, 0.15) is 60.3 Å². The number of nitrogens with one attached hydrogen (secondary N) is 1. The second-order valence-corrected chi connectivity index (χ2v) is 23.0. The van der Waals surface area contributed by atoms with Crippen molar-refractivity contribution in [3.8, 4) is 45.3 Å². The third kappa shape index (κ3) is 14.4. The molecule has 0 saturated carbocycles. The summed E-state index contributed by atoms with van der Waals surface area (Å²) >= 11 is 25.2. The van der Waals surface area contributed by atoms with Crippen LogP contribution in [-0.4, -0.2) is 65.6 Å². The van der Waals surface area contributed by atoms with Crippen LogP contribution in [0.4, 0.5) is 26.2 Å². The number of fused-ring (bicyclic) bond motifs is 4. The van der Waals surface area contributed by atoms with E-state index in [1.54, 1.807) is 30.6 Å². The molecule has 5 aliphatic rings. The number of ether oxygens (including phenoxy) is 4. The Labute approximate surface area is 500 Å². The fourth-order valence-corrected chi connectivity index (χ4v) is 10.2. The van der Waals surface area contributed by atoms with Gasteiger partial charge in [0.25, 0.3) is 5.91 Å². The smallest absolute Gasteiger partial charge is 0.493 e. The van der Waals surface area contributed by atoms with Gasteiger partial charge in [-0.2, -0.15) is 0 Å². The highest BCUT2D eigenvalue weighted by molar-refractivity contribution is 9.10. The molecule has 13 nitrogen and oxygen atoms in total. The van der Waals surface area contributed by atoms with Crippen molar-refractivity contribution in [3.63, 3.8) is 0 Å². The number of hydrogen-bond acceptors (Lipinski definition) is 12. The van der Waals surface area contributed by atoms with Gasteiger partial charge in [-0.1, -0.05) is 68.9 Å². The standard InChI is InChI=1S/C20H13ClF2N2O2.C13H11ClN2O.C11H17BN2O2.C8H6BrClO.C8H7BrO/c21-14-8-11-6-7-27-17(11)9-13(14)12-4-5-18(24-10-12)25-20(26)19-15(22)2-1-3-16(19)23;14-11-5-8-3-4-17-12(8)6-10(11)9-1-2-13(15)16-7-9;1-10(2)11(3,4)16-12(15-10)8-5-6-9(13)14-7-8;9-6-4-8-5(1-2-11-8)3-7(6)10;9-7-2-1-6-3-4-10-8(6)5-7/h1-5,8-10H,6-7H2,(H,24,25,26);1-2,5-7H,3-4H2,(H2,15,16);5-7H,1-4H3,(H2,13,14);3-4H,1-2H2;1-2,5H,3-4H2. The number of pyridine rings is 3. The maximum atomic E-state index is 13.7. The fourth-order valence-electron chi connectivity index (χ4n) is 8.76. The lowest BCUT2D eigenvalue weighted by molar-refractivity contribution is 0.00578. The minimum atomic E-state index is -0.936. The maximum Gasteiger partial charge on any atom is 0.496 e. The van der Waals surface area contributed by atoms with Gasteiger partial charge in [0, 0.05) is 91.0 Å².